The molecule has 7 nitrogen and oxygen atoms in total. The summed E-state index contributed by atoms with van der Waals surface area (Å²) in [5.74, 6) is 1.59. The molecular formula is C14H13N3O4. The minimum atomic E-state index is -0.463. The zero-order valence-corrected chi connectivity index (χ0v) is 11.5. The first kappa shape index (κ1) is 13.2. The van der Waals surface area contributed by atoms with Crippen molar-refractivity contribution in [3.05, 3.63) is 52.0 Å². The van der Waals surface area contributed by atoms with E-state index in [1.54, 1.807) is 0 Å². The van der Waals surface area contributed by atoms with Crippen LogP contribution in [0.15, 0.2) is 39.2 Å². The fourth-order valence-electron chi connectivity index (χ4n) is 2.03. The highest BCUT2D eigenvalue weighted by molar-refractivity contribution is 5.77. The third-order valence-electron chi connectivity index (χ3n) is 3.11. The van der Waals surface area contributed by atoms with Crippen LogP contribution >= 0.6 is 0 Å². The van der Waals surface area contributed by atoms with Crippen LogP contribution in [-0.2, 0) is 0 Å². The third-order valence-corrected chi connectivity index (χ3v) is 3.11. The van der Waals surface area contributed by atoms with Gasteiger partial charge in [-0.2, -0.15) is 4.98 Å². The maximum atomic E-state index is 10.7. The first-order valence-electron chi connectivity index (χ1n) is 6.41. The molecule has 21 heavy (non-hydrogen) atoms. The largest absolute Gasteiger partial charge is 0.464 e. The third kappa shape index (κ3) is 2.58. The predicted octanol–water partition coefficient (Wildman–Crippen LogP) is 3.81. The Hall–Kier alpha value is -2.83. The van der Waals surface area contributed by atoms with Gasteiger partial charge < -0.3 is 14.2 Å². The van der Waals surface area contributed by atoms with E-state index >= 15 is 0 Å². The number of nitrogens with one attached hydrogen (secondary N) is 1. The molecule has 0 spiro atoms. The van der Waals surface area contributed by atoms with E-state index in [9.17, 15) is 10.1 Å². The van der Waals surface area contributed by atoms with E-state index in [0.29, 0.717) is 17.1 Å². The van der Waals surface area contributed by atoms with Gasteiger partial charge >= 0.3 is 0 Å². The Balaban J connectivity index is 1.85. The highest BCUT2D eigenvalue weighted by Crippen LogP contribution is 2.26. The van der Waals surface area contributed by atoms with Gasteiger partial charge in [0.2, 0.25) is 0 Å². The van der Waals surface area contributed by atoms with Crippen LogP contribution in [0.5, 0.6) is 0 Å². The number of rotatable bonds is 4. The van der Waals surface area contributed by atoms with Gasteiger partial charge in [-0.3, -0.25) is 10.1 Å². The quantitative estimate of drug-likeness (QED) is 0.579. The Labute approximate surface area is 119 Å². The number of hydrogen-bond donors (Lipinski definition) is 1. The first-order valence-corrected chi connectivity index (χ1v) is 6.41. The van der Waals surface area contributed by atoms with E-state index in [1.807, 2.05) is 26.0 Å². The van der Waals surface area contributed by atoms with Crippen LogP contribution in [-0.4, -0.2) is 9.91 Å². The van der Waals surface area contributed by atoms with E-state index in [0.717, 1.165) is 11.5 Å². The highest BCUT2D eigenvalue weighted by atomic mass is 16.6. The van der Waals surface area contributed by atoms with Crippen molar-refractivity contribution in [3.8, 4) is 0 Å². The summed E-state index contributed by atoms with van der Waals surface area (Å²) in [4.78, 5) is 14.5. The molecule has 3 rings (SSSR count). The molecule has 0 aliphatic carbocycles. The van der Waals surface area contributed by atoms with Gasteiger partial charge in [0.05, 0.1) is 11.0 Å². The summed E-state index contributed by atoms with van der Waals surface area (Å²) in [5.41, 5.74) is 0.914. The van der Waals surface area contributed by atoms with Gasteiger partial charge in [-0.25, -0.2) is 0 Å². The number of benzene rings is 1. The molecule has 0 aliphatic rings. The Kier molecular flexibility index (Phi) is 3.09. The van der Waals surface area contributed by atoms with Crippen LogP contribution in [0.25, 0.3) is 11.1 Å². The molecule has 0 saturated heterocycles. The number of fused-ring (bicyclic) bond motifs is 1. The Morgan fingerprint density at radius 3 is 2.76 bits per heavy atom. The average Bonchev–Trinajstić information content (AvgIpc) is 3.03. The lowest BCUT2D eigenvalue weighted by Crippen LogP contribution is -2.05. The number of nitro groups is 1. The van der Waals surface area contributed by atoms with E-state index in [4.69, 9.17) is 8.83 Å². The maximum Gasteiger partial charge on any atom is 0.296 e. The summed E-state index contributed by atoms with van der Waals surface area (Å²) in [6.45, 7) is 3.78. The standard InChI is InChI=1S/C14H13N3O4/c1-8-3-5-12(20-8)9(2)15-14-16-11-7-10(17(18)19)4-6-13(11)21-14/h3-7,9H,1-2H3,(H,15,16). The molecule has 0 radical (unpaired) electrons. The Bertz CT molecular complexity index is 806. The van der Waals surface area contributed by atoms with Gasteiger partial charge in [0.25, 0.3) is 11.7 Å². The van der Waals surface area contributed by atoms with E-state index < -0.39 is 4.92 Å². The molecule has 1 atom stereocenters. The number of aryl methyl sites for hydroxylation is 1. The summed E-state index contributed by atoms with van der Waals surface area (Å²) in [7, 11) is 0. The van der Waals surface area contributed by atoms with Gasteiger partial charge in [0.1, 0.15) is 17.0 Å². The molecule has 0 bridgehead atoms. The molecule has 1 N–H and O–H groups in total. The average molecular weight is 287 g/mol. The Morgan fingerprint density at radius 1 is 1.29 bits per heavy atom. The second kappa shape index (κ2) is 4.93. The second-order valence-corrected chi connectivity index (χ2v) is 4.74. The van der Waals surface area contributed by atoms with Crippen molar-refractivity contribution >= 4 is 22.8 Å². The monoisotopic (exact) mass is 287 g/mol. The summed E-state index contributed by atoms with van der Waals surface area (Å²) in [6.07, 6.45) is 0. The fraction of sp³-hybridized carbons (Fsp3) is 0.214. The molecule has 0 aliphatic heterocycles. The molecule has 1 aromatic carbocycles. The van der Waals surface area contributed by atoms with Crippen LogP contribution in [0, 0.1) is 17.0 Å². The second-order valence-electron chi connectivity index (χ2n) is 4.74. The topological polar surface area (TPSA) is 94.3 Å². The van der Waals surface area contributed by atoms with Gasteiger partial charge in [-0.1, -0.05) is 0 Å². The van der Waals surface area contributed by atoms with Crippen LogP contribution in [0.2, 0.25) is 0 Å². The number of aromatic nitrogens is 1. The summed E-state index contributed by atoms with van der Waals surface area (Å²) in [5, 5.41) is 13.8. The Morgan fingerprint density at radius 2 is 2.10 bits per heavy atom. The van der Waals surface area contributed by atoms with Crippen molar-refractivity contribution < 1.29 is 13.8 Å². The normalized spacial score (nSPS) is 12.5. The summed E-state index contributed by atoms with van der Waals surface area (Å²) >= 11 is 0. The number of nitrogens with zero attached hydrogens (tertiary/aromatic N) is 2. The number of anilines is 1. The molecule has 0 saturated carbocycles. The molecule has 0 fully saturated rings. The number of hydrogen-bond acceptors (Lipinski definition) is 6. The number of oxazole rings is 1. The molecule has 0 amide bonds. The van der Waals surface area contributed by atoms with Crippen molar-refractivity contribution in [2.24, 2.45) is 0 Å². The van der Waals surface area contributed by atoms with Gasteiger partial charge in [-0.05, 0) is 32.0 Å². The zero-order valence-electron chi connectivity index (χ0n) is 11.5. The molecule has 2 aromatic heterocycles. The molecule has 1 unspecified atom stereocenters. The lowest BCUT2D eigenvalue weighted by Gasteiger charge is -2.08. The van der Waals surface area contributed by atoms with Crippen LogP contribution in [0.4, 0.5) is 11.7 Å². The lowest BCUT2D eigenvalue weighted by molar-refractivity contribution is -0.384. The van der Waals surface area contributed by atoms with E-state index in [2.05, 4.69) is 10.3 Å². The summed E-state index contributed by atoms with van der Waals surface area (Å²) in [6, 6.07) is 8.23. The minimum Gasteiger partial charge on any atom is -0.464 e. The van der Waals surface area contributed by atoms with Crippen LogP contribution in [0.3, 0.4) is 0 Å². The van der Waals surface area contributed by atoms with E-state index in [1.165, 1.54) is 18.2 Å². The van der Waals surface area contributed by atoms with Crippen molar-refractivity contribution in [2.45, 2.75) is 19.9 Å². The number of furan rings is 1. The van der Waals surface area contributed by atoms with Gasteiger partial charge in [0, 0.05) is 12.1 Å². The van der Waals surface area contributed by atoms with Crippen LogP contribution < -0.4 is 5.32 Å². The highest BCUT2D eigenvalue weighted by Gasteiger charge is 2.15. The van der Waals surface area contributed by atoms with Crippen molar-refractivity contribution in [1.82, 2.24) is 4.98 Å². The van der Waals surface area contributed by atoms with Gasteiger partial charge in [-0.15, -0.1) is 0 Å². The minimum absolute atomic E-state index is 0.0166. The fourth-order valence-corrected chi connectivity index (χ4v) is 2.03. The zero-order chi connectivity index (χ0) is 15.0. The first-order chi connectivity index (χ1) is 10.0. The summed E-state index contributed by atoms with van der Waals surface area (Å²) < 4.78 is 11.0. The molecule has 3 aromatic rings. The van der Waals surface area contributed by atoms with Crippen molar-refractivity contribution in [1.29, 1.82) is 0 Å². The predicted molar refractivity (Wildman–Crippen MR) is 76.1 cm³/mol. The maximum absolute atomic E-state index is 10.7. The van der Waals surface area contributed by atoms with Crippen molar-refractivity contribution in [2.75, 3.05) is 5.32 Å². The number of nitro benzene ring substituents is 1. The lowest BCUT2D eigenvalue weighted by atomic mass is 10.2. The van der Waals surface area contributed by atoms with Crippen LogP contribution in [0.1, 0.15) is 24.5 Å². The number of non-ortho nitro benzene ring substituents is 1. The van der Waals surface area contributed by atoms with Crippen molar-refractivity contribution in [3.63, 3.8) is 0 Å². The molecule has 7 heteroatoms. The smallest absolute Gasteiger partial charge is 0.296 e. The SMILES string of the molecule is Cc1ccc(C(C)Nc2nc3cc([N+](=O)[O-])ccc3o2)o1. The van der Waals surface area contributed by atoms with Gasteiger partial charge in [0.15, 0.2) is 5.58 Å². The van der Waals surface area contributed by atoms with E-state index in [-0.39, 0.29) is 11.7 Å². The molecule has 108 valence electrons. The molecule has 2 heterocycles. The molecular weight excluding hydrogens is 274 g/mol.